The van der Waals surface area contributed by atoms with Crippen LogP contribution in [0.4, 0.5) is 0 Å². The van der Waals surface area contributed by atoms with E-state index in [1.165, 1.54) is 0 Å². The van der Waals surface area contributed by atoms with Crippen LogP contribution < -0.4 is 0 Å². The molecule has 0 spiro atoms. The van der Waals surface area contributed by atoms with Gasteiger partial charge in [0.25, 0.3) is 0 Å². The number of aliphatic carboxylic acids is 6. The topological polar surface area (TPSA) is 224 Å². The molecule has 0 saturated heterocycles. The SMILES string of the molecule is O=C(O)C1CCCCCC(C(=O)O)C(C(=O)O)CCCC(C(=O)O)C(C(=O)O)CCCCC1C(=O)O. The Morgan fingerprint density at radius 2 is 0.472 bits per heavy atom. The van der Waals surface area contributed by atoms with Gasteiger partial charge in [-0.1, -0.05) is 38.5 Å². The van der Waals surface area contributed by atoms with Crippen LogP contribution in [-0.2, 0) is 28.8 Å². The van der Waals surface area contributed by atoms with Crippen LogP contribution in [0.3, 0.4) is 0 Å². The Kier molecular flexibility index (Phi) is 12.9. The van der Waals surface area contributed by atoms with Crippen molar-refractivity contribution in [2.75, 3.05) is 0 Å². The Morgan fingerprint density at radius 1 is 0.306 bits per heavy atom. The van der Waals surface area contributed by atoms with E-state index in [4.69, 9.17) is 0 Å². The van der Waals surface area contributed by atoms with Crippen LogP contribution in [0.25, 0.3) is 0 Å². The van der Waals surface area contributed by atoms with Gasteiger partial charge in [-0.15, -0.1) is 0 Å². The molecule has 6 unspecified atom stereocenters. The predicted octanol–water partition coefficient (Wildman–Crippen LogP) is 2.89. The molecule has 0 bridgehead atoms. The van der Waals surface area contributed by atoms with E-state index in [-0.39, 0.29) is 57.8 Å². The van der Waals surface area contributed by atoms with E-state index in [9.17, 15) is 59.4 Å². The van der Waals surface area contributed by atoms with Crippen LogP contribution in [0.1, 0.15) is 77.0 Å². The number of rotatable bonds is 6. The fraction of sp³-hybridized carbons (Fsp3) is 0.750. The Morgan fingerprint density at radius 3 is 0.667 bits per heavy atom. The van der Waals surface area contributed by atoms with Crippen molar-refractivity contribution in [2.24, 2.45) is 35.5 Å². The van der Waals surface area contributed by atoms with Gasteiger partial charge in [0.1, 0.15) is 0 Å². The second-order valence-corrected chi connectivity index (χ2v) is 9.52. The Balaban J connectivity index is 3.22. The minimum Gasteiger partial charge on any atom is -0.481 e. The molecule has 0 radical (unpaired) electrons. The fourth-order valence-corrected chi connectivity index (χ4v) is 5.17. The van der Waals surface area contributed by atoms with Gasteiger partial charge in [0, 0.05) is 0 Å². The van der Waals surface area contributed by atoms with E-state index < -0.39 is 71.3 Å². The molecule has 0 aromatic carbocycles. The normalized spacial score (nSPS) is 29.7. The molecule has 12 nitrogen and oxygen atoms in total. The second-order valence-electron chi connectivity index (χ2n) is 9.52. The first-order valence-electron chi connectivity index (χ1n) is 12.2. The van der Waals surface area contributed by atoms with E-state index in [1.54, 1.807) is 0 Å². The lowest BCUT2D eigenvalue weighted by Gasteiger charge is -2.24. The van der Waals surface area contributed by atoms with Gasteiger partial charge in [-0.2, -0.15) is 0 Å². The molecule has 36 heavy (non-hydrogen) atoms. The van der Waals surface area contributed by atoms with Crippen LogP contribution in [0, 0.1) is 35.5 Å². The lowest BCUT2D eigenvalue weighted by Crippen LogP contribution is -2.32. The number of hydrogen-bond donors (Lipinski definition) is 6. The van der Waals surface area contributed by atoms with Crippen LogP contribution in [0.5, 0.6) is 0 Å². The summed E-state index contributed by atoms with van der Waals surface area (Å²) >= 11 is 0. The molecule has 204 valence electrons. The summed E-state index contributed by atoms with van der Waals surface area (Å²) in [6, 6.07) is 0. The average molecular weight is 517 g/mol. The standard InChI is InChI=1S/C24H36O12/c25-19(26)13-7-2-1-3-8-14(20(27)28)17(23(33)34)11-6-12-18(24(35)36)16(22(31)32)10-5-4-9-15(13)21(29)30/h13-18H,1-12H2,(H,25,26)(H,27,28)(H,29,30)(H,31,32)(H,33,34)(H,35,36). The maximum absolute atomic E-state index is 11.8. The van der Waals surface area contributed by atoms with Gasteiger partial charge >= 0.3 is 35.8 Å². The number of hydrogen-bond acceptors (Lipinski definition) is 6. The van der Waals surface area contributed by atoms with Gasteiger partial charge in [-0.05, 0) is 38.5 Å². The highest BCUT2D eigenvalue weighted by atomic mass is 16.4. The molecule has 6 N–H and O–H groups in total. The molecule has 0 aliphatic heterocycles. The monoisotopic (exact) mass is 516 g/mol. The van der Waals surface area contributed by atoms with Crippen molar-refractivity contribution in [1.29, 1.82) is 0 Å². The smallest absolute Gasteiger partial charge is 0.307 e. The maximum atomic E-state index is 11.8. The third kappa shape index (κ3) is 9.46. The van der Waals surface area contributed by atoms with Crippen LogP contribution in [-0.4, -0.2) is 66.5 Å². The van der Waals surface area contributed by atoms with Crippen molar-refractivity contribution in [2.45, 2.75) is 77.0 Å². The van der Waals surface area contributed by atoms with E-state index in [0.717, 1.165) is 0 Å². The summed E-state index contributed by atoms with van der Waals surface area (Å²) in [6.45, 7) is 0. The zero-order valence-corrected chi connectivity index (χ0v) is 20.1. The lowest BCUT2D eigenvalue weighted by atomic mass is 9.79. The fourth-order valence-electron chi connectivity index (χ4n) is 5.17. The molecule has 1 aliphatic rings. The van der Waals surface area contributed by atoms with Crippen molar-refractivity contribution >= 4 is 35.8 Å². The quantitative estimate of drug-likeness (QED) is 0.300. The lowest BCUT2D eigenvalue weighted by molar-refractivity contribution is -0.155. The van der Waals surface area contributed by atoms with Crippen molar-refractivity contribution < 1.29 is 59.4 Å². The second kappa shape index (κ2) is 15.0. The average Bonchev–Trinajstić information content (AvgIpc) is 2.76. The predicted molar refractivity (Wildman–Crippen MR) is 122 cm³/mol. The molecule has 1 aliphatic carbocycles. The van der Waals surface area contributed by atoms with E-state index in [1.807, 2.05) is 0 Å². The molecule has 0 heterocycles. The van der Waals surface area contributed by atoms with E-state index >= 15 is 0 Å². The van der Waals surface area contributed by atoms with Crippen molar-refractivity contribution in [3.63, 3.8) is 0 Å². The van der Waals surface area contributed by atoms with Crippen molar-refractivity contribution in [3.8, 4) is 0 Å². The summed E-state index contributed by atoms with van der Waals surface area (Å²) in [5, 5.41) is 57.6. The molecule has 0 aromatic rings. The van der Waals surface area contributed by atoms with Gasteiger partial charge in [-0.25, -0.2) is 0 Å². The van der Waals surface area contributed by atoms with Crippen LogP contribution >= 0.6 is 0 Å². The summed E-state index contributed by atoms with van der Waals surface area (Å²) in [5.74, 6) is -15.5. The maximum Gasteiger partial charge on any atom is 0.307 e. The largest absolute Gasteiger partial charge is 0.481 e. The highest BCUT2D eigenvalue weighted by Gasteiger charge is 2.37. The van der Waals surface area contributed by atoms with Gasteiger partial charge in [0.05, 0.1) is 35.5 Å². The van der Waals surface area contributed by atoms with Crippen molar-refractivity contribution in [3.05, 3.63) is 0 Å². The highest BCUT2D eigenvalue weighted by molar-refractivity contribution is 5.81. The number of carboxylic acid groups (broad SMARTS) is 6. The first kappa shape index (κ1) is 30.9. The Bertz CT molecular complexity index is 807. The molecule has 12 heteroatoms. The van der Waals surface area contributed by atoms with Gasteiger partial charge in [-0.3, -0.25) is 28.8 Å². The summed E-state index contributed by atoms with van der Waals surface area (Å²) in [5.41, 5.74) is 0. The highest BCUT2D eigenvalue weighted by Crippen LogP contribution is 2.32. The molecule has 0 amide bonds. The molecule has 1 fully saturated rings. The minimum absolute atomic E-state index is 0.00223. The van der Waals surface area contributed by atoms with Gasteiger partial charge < -0.3 is 30.6 Å². The summed E-state index contributed by atoms with van der Waals surface area (Å²) in [4.78, 5) is 70.8. The first-order chi connectivity index (χ1) is 16.9. The van der Waals surface area contributed by atoms with Gasteiger partial charge in [0.15, 0.2) is 0 Å². The number of carbonyl (C=O) groups is 6. The third-order valence-electron chi connectivity index (χ3n) is 7.20. The zero-order chi connectivity index (χ0) is 27.4. The summed E-state index contributed by atoms with van der Waals surface area (Å²) in [6.07, 6.45) is 1.12. The molecule has 1 rings (SSSR count). The first-order valence-corrected chi connectivity index (χ1v) is 12.2. The molecular formula is C24H36O12. The minimum atomic E-state index is -1.37. The van der Waals surface area contributed by atoms with Crippen molar-refractivity contribution in [1.82, 2.24) is 0 Å². The zero-order valence-electron chi connectivity index (χ0n) is 20.1. The van der Waals surface area contributed by atoms with Crippen LogP contribution in [0.2, 0.25) is 0 Å². The van der Waals surface area contributed by atoms with E-state index in [2.05, 4.69) is 0 Å². The summed E-state index contributed by atoms with van der Waals surface area (Å²) < 4.78 is 0. The molecule has 1 saturated carbocycles. The Labute approximate surface area is 208 Å². The number of carboxylic acids is 6. The van der Waals surface area contributed by atoms with E-state index in [0.29, 0.717) is 19.3 Å². The molecule has 0 aromatic heterocycles. The third-order valence-corrected chi connectivity index (χ3v) is 7.20. The molecule has 6 atom stereocenters. The summed E-state index contributed by atoms with van der Waals surface area (Å²) in [7, 11) is 0. The Hall–Kier alpha value is -3.18. The molecular weight excluding hydrogens is 480 g/mol. The van der Waals surface area contributed by atoms with Gasteiger partial charge in [0.2, 0.25) is 0 Å². The van der Waals surface area contributed by atoms with Crippen LogP contribution in [0.15, 0.2) is 0 Å².